The molecule has 6 nitrogen and oxygen atoms in total. The van der Waals surface area contributed by atoms with Crippen LogP contribution in [0.2, 0.25) is 0 Å². The molecule has 4 rings (SSSR count). The topological polar surface area (TPSA) is 66.0 Å². The molecule has 1 spiro atoms. The van der Waals surface area contributed by atoms with Crippen LogP contribution in [0.4, 0.5) is 0 Å². The molecular formula is C24H36N4O2. The van der Waals surface area contributed by atoms with Crippen molar-refractivity contribution in [2.45, 2.75) is 77.6 Å². The summed E-state index contributed by atoms with van der Waals surface area (Å²) >= 11 is 0. The highest BCUT2D eigenvalue weighted by molar-refractivity contribution is 5.80. The van der Waals surface area contributed by atoms with Gasteiger partial charge in [-0.3, -0.25) is 9.79 Å². The SMILES string of the molecule is CCNC(=NCCCC(=O)N1Cc2ccccc2C1)NC1CC(OCC)C12CCC2. The van der Waals surface area contributed by atoms with Crippen molar-refractivity contribution in [3.63, 3.8) is 0 Å². The number of amides is 1. The van der Waals surface area contributed by atoms with Crippen molar-refractivity contribution in [1.29, 1.82) is 0 Å². The quantitative estimate of drug-likeness (QED) is 0.391. The second kappa shape index (κ2) is 9.38. The zero-order valence-corrected chi connectivity index (χ0v) is 18.5. The molecule has 0 bridgehead atoms. The maximum Gasteiger partial charge on any atom is 0.223 e. The summed E-state index contributed by atoms with van der Waals surface area (Å²) in [5.41, 5.74) is 2.86. The zero-order chi connectivity index (χ0) is 21.0. The molecule has 1 aromatic rings. The summed E-state index contributed by atoms with van der Waals surface area (Å²) in [6.45, 7) is 7.96. The molecule has 0 saturated heterocycles. The van der Waals surface area contributed by atoms with E-state index in [-0.39, 0.29) is 5.91 Å². The monoisotopic (exact) mass is 412 g/mol. The van der Waals surface area contributed by atoms with Gasteiger partial charge in [-0.25, -0.2) is 0 Å². The fraction of sp³-hybridized carbons (Fsp3) is 0.667. The smallest absolute Gasteiger partial charge is 0.223 e. The number of ether oxygens (including phenoxy) is 1. The van der Waals surface area contributed by atoms with Crippen LogP contribution in [0.25, 0.3) is 0 Å². The number of hydrogen-bond acceptors (Lipinski definition) is 3. The first kappa shape index (κ1) is 21.2. The molecule has 3 aliphatic rings. The molecule has 1 amide bonds. The van der Waals surface area contributed by atoms with E-state index in [0.29, 0.717) is 30.5 Å². The van der Waals surface area contributed by atoms with Gasteiger partial charge in [0.05, 0.1) is 6.10 Å². The highest BCUT2D eigenvalue weighted by atomic mass is 16.5. The maximum absolute atomic E-state index is 12.6. The van der Waals surface area contributed by atoms with E-state index >= 15 is 0 Å². The van der Waals surface area contributed by atoms with E-state index in [1.807, 2.05) is 17.0 Å². The average molecular weight is 413 g/mol. The third kappa shape index (κ3) is 4.20. The van der Waals surface area contributed by atoms with Gasteiger partial charge >= 0.3 is 0 Å². The Morgan fingerprint density at radius 1 is 1.23 bits per heavy atom. The van der Waals surface area contributed by atoms with Gasteiger partial charge < -0.3 is 20.3 Å². The predicted octanol–water partition coefficient (Wildman–Crippen LogP) is 3.21. The molecule has 1 aliphatic heterocycles. The standard InChI is InChI=1S/C24H36N4O2/c1-3-25-23(27-20-15-21(30-4-2)24(20)12-8-13-24)26-14-7-11-22(29)28-16-18-9-5-6-10-19(18)17-28/h5-6,9-10,20-21H,3-4,7-8,11-17H2,1-2H3,(H2,25,26,27). The molecule has 2 atom stereocenters. The number of rotatable bonds is 8. The molecule has 2 aliphatic carbocycles. The van der Waals surface area contributed by atoms with Crippen molar-refractivity contribution in [2.24, 2.45) is 10.4 Å². The van der Waals surface area contributed by atoms with Crippen LogP contribution in [-0.4, -0.2) is 48.6 Å². The second-order valence-corrected chi connectivity index (χ2v) is 8.85. The highest BCUT2D eigenvalue weighted by Crippen LogP contribution is 2.57. The van der Waals surface area contributed by atoms with Crippen LogP contribution in [0.5, 0.6) is 0 Å². The minimum absolute atomic E-state index is 0.228. The number of hydrogen-bond donors (Lipinski definition) is 2. The molecule has 2 unspecified atom stereocenters. The van der Waals surface area contributed by atoms with Gasteiger partial charge in [0.15, 0.2) is 5.96 Å². The Hall–Kier alpha value is -2.08. The molecule has 2 saturated carbocycles. The minimum Gasteiger partial charge on any atom is -0.378 e. The van der Waals surface area contributed by atoms with E-state index in [1.165, 1.54) is 30.4 Å². The lowest BCUT2D eigenvalue weighted by Crippen LogP contribution is -2.68. The van der Waals surface area contributed by atoms with Crippen LogP contribution in [0, 0.1) is 5.41 Å². The van der Waals surface area contributed by atoms with Gasteiger partial charge in [0.2, 0.25) is 5.91 Å². The Kier molecular flexibility index (Phi) is 6.61. The number of carbonyl (C=O) groups excluding carboxylic acids is 1. The number of guanidine groups is 1. The van der Waals surface area contributed by atoms with E-state index in [1.54, 1.807) is 0 Å². The molecular weight excluding hydrogens is 376 g/mol. The number of aliphatic imine (C=N–C) groups is 1. The molecule has 0 radical (unpaired) electrons. The Morgan fingerprint density at radius 3 is 2.57 bits per heavy atom. The number of nitrogens with zero attached hydrogens (tertiary/aromatic N) is 2. The molecule has 2 fully saturated rings. The summed E-state index contributed by atoms with van der Waals surface area (Å²) in [5, 5.41) is 7.03. The summed E-state index contributed by atoms with van der Waals surface area (Å²) in [5.74, 6) is 1.11. The largest absolute Gasteiger partial charge is 0.378 e. The van der Waals surface area contributed by atoms with Crippen LogP contribution in [0.3, 0.4) is 0 Å². The number of carbonyl (C=O) groups is 1. The third-order valence-corrected chi connectivity index (χ3v) is 7.10. The lowest BCUT2D eigenvalue weighted by Gasteiger charge is -2.61. The van der Waals surface area contributed by atoms with E-state index in [9.17, 15) is 4.79 Å². The first-order valence-corrected chi connectivity index (χ1v) is 11.7. The zero-order valence-electron chi connectivity index (χ0n) is 18.5. The van der Waals surface area contributed by atoms with Crippen molar-refractivity contribution < 1.29 is 9.53 Å². The predicted molar refractivity (Wildman–Crippen MR) is 119 cm³/mol. The fourth-order valence-corrected chi connectivity index (χ4v) is 5.21. The van der Waals surface area contributed by atoms with Crippen molar-refractivity contribution in [3.05, 3.63) is 35.4 Å². The molecule has 164 valence electrons. The van der Waals surface area contributed by atoms with E-state index < -0.39 is 0 Å². The van der Waals surface area contributed by atoms with Crippen molar-refractivity contribution in [1.82, 2.24) is 15.5 Å². The van der Waals surface area contributed by atoms with Crippen LogP contribution >= 0.6 is 0 Å². The average Bonchev–Trinajstić information content (AvgIpc) is 3.13. The van der Waals surface area contributed by atoms with Gasteiger partial charge in [-0.05, 0) is 50.7 Å². The molecule has 0 aromatic heterocycles. The molecule has 1 heterocycles. The van der Waals surface area contributed by atoms with Crippen molar-refractivity contribution in [2.75, 3.05) is 19.7 Å². The van der Waals surface area contributed by atoms with Gasteiger partial charge in [-0.15, -0.1) is 0 Å². The number of benzene rings is 1. The van der Waals surface area contributed by atoms with Gasteiger partial charge in [0, 0.05) is 50.7 Å². The second-order valence-electron chi connectivity index (χ2n) is 8.85. The Bertz CT molecular complexity index is 749. The molecule has 30 heavy (non-hydrogen) atoms. The first-order valence-electron chi connectivity index (χ1n) is 11.7. The lowest BCUT2D eigenvalue weighted by atomic mass is 9.51. The van der Waals surface area contributed by atoms with Crippen LogP contribution in [-0.2, 0) is 22.6 Å². The summed E-state index contributed by atoms with van der Waals surface area (Å²) in [4.78, 5) is 19.3. The normalized spacial score (nSPS) is 24.2. The summed E-state index contributed by atoms with van der Waals surface area (Å²) in [7, 11) is 0. The minimum atomic E-state index is 0.228. The van der Waals surface area contributed by atoms with Gasteiger partial charge in [0.1, 0.15) is 0 Å². The fourth-order valence-electron chi connectivity index (χ4n) is 5.21. The number of nitrogens with one attached hydrogen (secondary N) is 2. The van der Waals surface area contributed by atoms with Crippen LogP contribution in [0.1, 0.15) is 63.5 Å². The van der Waals surface area contributed by atoms with Crippen molar-refractivity contribution >= 4 is 11.9 Å². The Morgan fingerprint density at radius 2 is 1.97 bits per heavy atom. The van der Waals surface area contributed by atoms with Crippen LogP contribution < -0.4 is 10.6 Å². The third-order valence-electron chi connectivity index (χ3n) is 7.10. The molecule has 1 aromatic carbocycles. The summed E-state index contributed by atoms with van der Waals surface area (Å²) in [6.07, 6.45) is 6.60. The Balaban J connectivity index is 1.23. The molecule has 6 heteroatoms. The number of fused-ring (bicyclic) bond motifs is 1. The van der Waals surface area contributed by atoms with Crippen molar-refractivity contribution in [3.8, 4) is 0 Å². The van der Waals surface area contributed by atoms with Gasteiger partial charge in [-0.1, -0.05) is 30.7 Å². The van der Waals surface area contributed by atoms with Gasteiger partial charge in [0.25, 0.3) is 0 Å². The first-order chi connectivity index (χ1) is 14.7. The summed E-state index contributed by atoms with van der Waals surface area (Å²) < 4.78 is 5.96. The lowest BCUT2D eigenvalue weighted by molar-refractivity contribution is -0.168. The highest BCUT2D eigenvalue weighted by Gasteiger charge is 2.59. The molecule has 2 N–H and O–H groups in total. The summed E-state index contributed by atoms with van der Waals surface area (Å²) in [6, 6.07) is 8.77. The van der Waals surface area contributed by atoms with E-state index in [0.717, 1.165) is 45.0 Å². The Labute approximate surface area is 180 Å². The van der Waals surface area contributed by atoms with Gasteiger partial charge in [-0.2, -0.15) is 0 Å². The maximum atomic E-state index is 12.6. The van der Waals surface area contributed by atoms with Crippen LogP contribution in [0.15, 0.2) is 29.3 Å². The van der Waals surface area contributed by atoms with E-state index in [4.69, 9.17) is 9.73 Å². The van der Waals surface area contributed by atoms with E-state index in [2.05, 4.69) is 36.6 Å².